The van der Waals surface area contributed by atoms with Gasteiger partial charge in [0.25, 0.3) is 0 Å². The van der Waals surface area contributed by atoms with Gasteiger partial charge in [0, 0.05) is 0 Å². The summed E-state index contributed by atoms with van der Waals surface area (Å²) < 4.78 is 10.2. The van der Waals surface area contributed by atoms with Gasteiger partial charge in [-0.1, -0.05) is 24.3 Å². The van der Waals surface area contributed by atoms with E-state index in [0.717, 1.165) is 11.1 Å². The fourth-order valence-corrected chi connectivity index (χ4v) is 2.08. The lowest BCUT2D eigenvalue weighted by molar-refractivity contribution is 0.0562. The summed E-state index contributed by atoms with van der Waals surface area (Å²) in [5.41, 5.74) is 2.29. The van der Waals surface area contributed by atoms with Crippen LogP contribution in [0.25, 0.3) is 0 Å². The molecule has 2 rings (SSSR count). The van der Waals surface area contributed by atoms with Crippen LogP contribution in [0.3, 0.4) is 0 Å². The highest BCUT2D eigenvalue weighted by Crippen LogP contribution is 2.26. The van der Waals surface area contributed by atoms with Crippen molar-refractivity contribution in [1.82, 2.24) is 5.32 Å². The van der Waals surface area contributed by atoms with Crippen molar-refractivity contribution in [3.8, 4) is 0 Å². The number of hydrogen-bond acceptors (Lipinski definition) is 4. The van der Waals surface area contributed by atoms with Crippen molar-refractivity contribution >= 4 is 5.97 Å². The average Bonchev–Trinajstić information content (AvgIpc) is 2.90. The van der Waals surface area contributed by atoms with Crippen molar-refractivity contribution in [1.29, 1.82) is 0 Å². The summed E-state index contributed by atoms with van der Waals surface area (Å²) in [7, 11) is 3.19. The van der Waals surface area contributed by atoms with Gasteiger partial charge in [-0.25, -0.2) is 4.79 Å². The molecule has 1 heterocycles. The van der Waals surface area contributed by atoms with E-state index in [1.807, 2.05) is 38.2 Å². The van der Waals surface area contributed by atoms with E-state index in [0.29, 0.717) is 5.76 Å². The molecule has 0 bridgehead atoms. The molecule has 4 nitrogen and oxygen atoms in total. The molecule has 0 aliphatic rings. The number of carbonyl (C=O) groups excluding carboxylic acids is 1. The summed E-state index contributed by atoms with van der Waals surface area (Å²) in [5.74, 6) is 0.439. The first kappa shape index (κ1) is 13.4. The lowest BCUT2D eigenvalue weighted by Gasteiger charge is -2.16. The SMILES string of the molecule is CNC(c1ccc(C(=O)OC)o1)c1ccccc1C. The van der Waals surface area contributed by atoms with Crippen LogP contribution in [0.5, 0.6) is 0 Å². The summed E-state index contributed by atoms with van der Waals surface area (Å²) in [5, 5.41) is 3.20. The van der Waals surface area contributed by atoms with Crippen LogP contribution in [0.1, 0.15) is 33.5 Å². The highest BCUT2D eigenvalue weighted by atomic mass is 16.5. The smallest absolute Gasteiger partial charge is 0.373 e. The largest absolute Gasteiger partial charge is 0.463 e. The van der Waals surface area contributed by atoms with Crippen LogP contribution in [0.15, 0.2) is 40.8 Å². The lowest BCUT2D eigenvalue weighted by Crippen LogP contribution is -2.18. The van der Waals surface area contributed by atoms with Gasteiger partial charge in [-0.15, -0.1) is 0 Å². The van der Waals surface area contributed by atoms with Crippen molar-refractivity contribution in [2.45, 2.75) is 13.0 Å². The minimum atomic E-state index is -0.467. The summed E-state index contributed by atoms with van der Waals surface area (Å²) in [6, 6.07) is 11.4. The summed E-state index contributed by atoms with van der Waals surface area (Å²) in [4.78, 5) is 11.4. The second-order valence-corrected chi connectivity index (χ2v) is 4.27. The molecular formula is C15H17NO3. The highest BCUT2D eigenvalue weighted by molar-refractivity contribution is 5.86. The number of ether oxygens (including phenoxy) is 1. The van der Waals surface area contributed by atoms with Crippen molar-refractivity contribution in [2.75, 3.05) is 14.2 Å². The monoisotopic (exact) mass is 259 g/mol. The Labute approximate surface area is 112 Å². The fraction of sp³-hybridized carbons (Fsp3) is 0.267. The predicted octanol–water partition coefficient (Wildman–Crippen LogP) is 2.68. The van der Waals surface area contributed by atoms with Gasteiger partial charge < -0.3 is 14.5 Å². The Morgan fingerprint density at radius 1 is 1.26 bits per heavy atom. The molecule has 0 fully saturated rings. The molecule has 1 unspecified atom stereocenters. The van der Waals surface area contributed by atoms with Crippen molar-refractivity contribution in [2.24, 2.45) is 0 Å². The van der Waals surface area contributed by atoms with Crippen LogP contribution in [0.2, 0.25) is 0 Å². The van der Waals surface area contributed by atoms with Crippen LogP contribution < -0.4 is 5.32 Å². The maximum Gasteiger partial charge on any atom is 0.373 e. The minimum Gasteiger partial charge on any atom is -0.463 e. The molecule has 1 aromatic heterocycles. The maximum atomic E-state index is 11.4. The van der Waals surface area contributed by atoms with E-state index in [1.165, 1.54) is 7.11 Å². The summed E-state index contributed by atoms with van der Waals surface area (Å²) >= 11 is 0. The Hall–Kier alpha value is -2.07. The molecule has 19 heavy (non-hydrogen) atoms. The van der Waals surface area contributed by atoms with Gasteiger partial charge in [0.15, 0.2) is 0 Å². The zero-order valence-corrected chi connectivity index (χ0v) is 11.3. The molecule has 100 valence electrons. The number of methoxy groups -OCH3 is 1. The van der Waals surface area contributed by atoms with Gasteiger partial charge >= 0.3 is 5.97 Å². The van der Waals surface area contributed by atoms with Gasteiger partial charge in [0.1, 0.15) is 5.76 Å². The Balaban J connectivity index is 2.35. The van der Waals surface area contributed by atoms with Gasteiger partial charge in [0.2, 0.25) is 5.76 Å². The van der Waals surface area contributed by atoms with Crippen molar-refractivity contribution < 1.29 is 13.9 Å². The molecule has 2 aromatic rings. The Morgan fingerprint density at radius 2 is 2.00 bits per heavy atom. The third-order valence-corrected chi connectivity index (χ3v) is 3.09. The van der Waals surface area contributed by atoms with E-state index in [-0.39, 0.29) is 11.8 Å². The van der Waals surface area contributed by atoms with Crippen LogP contribution >= 0.6 is 0 Å². The molecule has 0 amide bonds. The Morgan fingerprint density at radius 3 is 2.63 bits per heavy atom. The molecule has 4 heteroatoms. The van der Waals surface area contributed by atoms with Crippen LogP contribution in [-0.2, 0) is 4.74 Å². The van der Waals surface area contributed by atoms with Crippen LogP contribution in [0, 0.1) is 6.92 Å². The van der Waals surface area contributed by atoms with E-state index >= 15 is 0 Å². The molecule has 1 aromatic carbocycles. The fourth-order valence-electron chi connectivity index (χ4n) is 2.08. The summed E-state index contributed by atoms with van der Waals surface area (Å²) in [6.45, 7) is 2.05. The number of aryl methyl sites for hydroxylation is 1. The maximum absolute atomic E-state index is 11.4. The van der Waals surface area contributed by atoms with Gasteiger partial charge in [-0.2, -0.15) is 0 Å². The molecular weight excluding hydrogens is 242 g/mol. The second kappa shape index (κ2) is 5.71. The minimum absolute atomic E-state index is 0.0837. The quantitative estimate of drug-likeness (QED) is 0.858. The van der Waals surface area contributed by atoms with Crippen LogP contribution in [0.4, 0.5) is 0 Å². The van der Waals surface area contributed by atoms with E-state index in [2.05, 4.69) is 10.1 Å². The van der Waals surface area contributed by atoms with Crippen molar-refractivity contribution in [3.63, 3.8) is 0 Å². The highest BCUT2D eigenvalue weighted by Gasteiger charge is 2.19. The van der Waals surface area contributed by atoms with E-state index < -0.39 is 5.97 Å². The average molecular weight is 259 g/mol. The third kappa shape index (κ3) is 2.69. The first-order valence-corrected chi connectivity index (χ1v) is 6.08. The van der Waals surface area contributed by atoms with E-state index in [1.54, 1.807) is 12.1 Å². The normalized spacial score (nSPS) is 12.2. The first-order valence-electron chi connectivity index (χ1n) is 6.08. The predicted molar refractivity (Wildman–Crippen MR) is 72.1 cm³/mol. The third-order valence-electron chi connectivity index (χ3n) is 3.09. The van der Waals surface area contributed by atoms with E-state index in [9.17, 15) is 4.79 Å². The lowest BCUT2D eigenvalue weighted by atomic mass is 10.00. The zero-order valence-electron chi connectivity index (χ0n) is 11.3. The topological polar surface area (TPSA) is 51.5 Å². The first-order chi connectivity index (χ1) is 9.17. The number of hydrogen-bond donors (Lipinski definition) is 1. The molecule has 1 atom stereocenters. The van der Waals surface area contributed by atoms with Crippen LogP contribution in [-0.4, -0.2) is 20.1 Å². The molecule has 0 radical (unpaired) electrons. The second-order valence-electron chi connectivity index (χ2n) is 4.27. The van der Waals surface area contributed by atoms with Crippen molar-refractivity contribution in [3.05, 3.63) is 59.0 Å². The zero-order chi connectivity index (χ0) is 13.8. The number of nitrogens with one attached hydrogen (secondary N) is 1. The Kier molecular flexibility index (Phi) is 4.02. The molecule has 0 aliphatic carbocycles. The molecule has 0 saturated carbocycles. The number of furan rings is 1. The van der Waals surface area contributed by atoms with Gasteiger partial charge in [0.05, 0.1) is 13.2 Å². The standard InChI is InChI=1S/C15H17NO3/c1-10-6-4-5-7-11(10)14(16-2)12-8-9-13(19-12)15(17)18-3/h4-9,14,16H,1-3H3. The van der Waals surface area contributed by atoms with E-state index in [4.69, 9.17) is 4.42 Å². The number of rotatable bonds is 4. The molecule has 1 N–H and O–H groups in total. The van der Waals surface area contributed by atoms with Gasteiger partial charge in [-0.3, -0.25) is 0 Å². The number of carbonyl (C=O) groups is 1. The molecule has 0 aliphatic heterocycles. The Bertz CT molecular complexity index is 574. The molecule has 0 saturated heterocycles. The number of esters is 1. The van der Waals surface area contributed by atoms with Gasteiger partial charge in [-0.05, 0) is 37.2 Å². The number of benzene rings is 1. The summed E-state index contributed by atoms with van der Waals surface area (Å²) in [6.07, 6.45) is 0. The molecule has 0 spiro atoms.